The number of nitrogens with two attached hydrogens (primary N) is 1. The molecular weight excluding hydrogens is 242 g/mol. The zero-order valence-corrected chi connectivity index (χ0v) is 11.6. The van der Waals surface area contributed by atoms with Crippen LogP contribution >= 0.6 is 0 Å². The Kier molecular flexibility index (Phi) is 5.48. The highest BCUT2D eigenvalue weighted by Gasteiger charge is 2.17. The summed E-state index contributed by atoms with van der Waals surface area (Å²) in [6.45, 7) is 3.03. The molecule has 0 radical (unpaired) electrons. The minimum atomic E-state index is 0.565. The first-order chi connectivity index (χ1) is 9.31. The van der Waals surface area contributed by atoms with Gasteiger partial charge in [0.15, 0.2) is 0 Å². The molecule has 0 unspecified atom stereocenters. The molecule has 0 atom stereocenters. The number of anilines is 1. The number of benzene rings is 1. The summed E-state index contributed by atoms with van der Waals surface area (Å²) in [5.41, 5.74) is 7.96. The van der Waals surface area contributed by atoms with Gasteiger partial charge in [0.2, 0.25) is 0 Å². The molecule has 2 rings (SSSR count). The van der Waals surface area contributed by atoms with Crippen molar-refractivity contribution in [2.75, 3.05) is 39.3 Å². The van der Waals surface area contributed by atoms with Crippen molar-refractivity contribution in [1.82, 2.24) is 0 Å². The van der Waals surface area contributed by atoms with E-state index in [1.807, 2.05) is 6.07 Å². The number of nitrogen functional groups attached to an aromatic ring is 1. The fourth-order valence-corrected chi connectivity index (χ4v) is 2.35. The van der Waals surface area contributed by atoms with Crippen molar-refractivity contribution in [1.29, 1.82) is 0 Å². The van der Waals surface area contributed by atoms with Crippen molar-refractivity contribution in [3.63, 3.8) is 0 Å². The van der Waals surface area contributed by atoms with Crippen LogP contribution in [0.1, 0.15) is 30.7 Å². The second-order valence-electron chi connectivity index (χ2n) is 4.88. The van der Waals surface area contributed by atoms with Gasteiger partial charge in [-0.25, -0.2) is 0 Å². The molecule has 0 spiro atoms. The number of rotatable bonds is 6. The summed E-state index contributed by atoms with van der Waals surface area (Å²) >= 11 is 0. The molecule has 0 saturated carbocycles. The van der Waals surface area contributed by atoms with E-state index in [0.717, 1.165) is 38.2 Å². The Hall–Kier alpha value is -1.26. The first-order valence-corrected chi connectivity index (χ1v) is 6.90. The van der Waals surface area contributed by atoms with Gasteiger partial charge >= 0.3 is 0 Å². The lowest BCUT2D eigenvalue weighted by atomic mass is 9.91. The summed E-state index contributed by atoms with van der Waals surface area (Å²) in [6, 6.07) is 6.13. The molecule has 1 heterocycles. The Morgan fingerprint density at radius 3 is 2.79 bits per heavy atom. The highest BCUT2D eigenvalue weighted by Crippen LogP contribution is 2.32. The molecule has 0 bridgehead atoms. The van der Waals surface area contributed by atoms with Crippen molar-refractivity contribution >= 4 is 5.69 Å². The highest BCUT2D eigenvalue weighted by molar-refractivity contribution is 5.54. The molecule has 1 aliphatic rings. The fourth-order valence-electron chi connectivity index (χ4n) is 2.35. The van der Waals surface area contributed by atoms with E-state index in [1.54, 1.807) is 7.11 Å². The summed E-state index contributed by atoms with van der Waals surface area (Å²) in [5.74, 6) is 1.36. The summed E-state index contributed by atoms with van der Waals surface area (Å²) in [7, 11) is 1.69. The number of ether oxygens (including phenoxy) is 3. The maximum atomic E-state index is 5.95. The molecule has 4 nitrogen and oxygen atoms in total. The summed E-state index contributed by atoms with van der Waals surface area (Å²) < 4.78 is 16.1. The van der Waals surface area contributed by atoms with Crippen molar-refractivity contribution < 1.29 is 14.2 Å². The van der Waals surface area contributed by atoms with E-state index in [0.29, 0.717) is 24.8 Å². The third-order valence-corrected chi connectivity index (χ3v) is 3.48. The Morgan fingerprint density at radius 1 is 1.26 bits per heavy atom. The monoisotopic (exact) mass is 265 g/mol. The van der Waals surface area contributed by atoms with E-state index in [9.17, 15) is 0 Å². The molecule has 0 aliphatic carbocycles. The quantitative estimate of drug-likeness (QED) is 0.634. The molecule has 106 valence electrons. The van der Waals surface area contributed by atoms with Crippen LogP contribution in [0.25, 0.3) is 0 Å². The van der Waals surface area contributed by atoms with Gasteiger partial charge in [0.1, 0.15) is 5.75 Å². The lowest BCUT2D eigenvalue weighted by molar-refractivity contribution is 0.0852. The van der Waals surface area contributed by atoms with Gasteiger partial charge in [-0.05, 0) is 36.5 Å². The van der Waals surface area contributed by atoms with Crippen molar-refractivity contribution in [2.24, 2.45) is 0 Å². The first-order valence-electron chi connectivity index (χ1n) is 6.90. The minimum absolute atomic E-state index is 0.565. The molecule has 0 amide bonds. The van der Waals surface area contributed by atoms with E-state index in [4.69, 9.17) is 19.9 Å². The van der Waals surface area contributed by atoms with Crippen LogP contribution < -0.4 is 10.5 Å². The van der Waals surface area contributed by atoms with Crippen LogP contribution in [0.2, 0.25) is 0 Å². The zero-order valence-electron chi connectivity index (χ0n) is 11.6. The minimum Gasteiger partial charge on any atom is -0.491 e. The maximum Gasteiger partial charge on any atom is 0.142 e. The molecular formula is C15H23NO3. The lowest BCUT2D eigenvalue weighted by Crippen LogP contribution is -2.14. The standard InChI is InChI=1S/C15H23NO3/c1-17-7-2-8-19-15-11-13(3-4-14(15)16)12-5-9-18-10-6-12/h3-4,11-12H,2,5-10,16H2,1H3. The second kappa shape index (κ2) is 7.36. The third-order valence-electron chi connectivity index (χ3n) is 3.48. The van der Waals surface area contributed by atoms with Crippen LogP contribution in [0.3, 0.4) is 0 Å². The average molecular weight is 265 g/mol. The van der Waals surface area contributed by atoms with Crippen molar-refractivity contribution in [3.05, 3.63) is 23.8 Å². The Labute approximate surface area is 114 Å². The molecule has 0 aromatic heterocycles. The predicted molar refractivity (Wildman–Crippen MR) is 75.6 cm³/mol. The van der Waals surface area contributed by atoms with Crippen LogP contribution in [0.4, 0.5) is 5.69 Å². The van der Waals surface area contributed by atoms with Crippen molar-refractivity contribution in [3.8, 4) is 5.75 Å². The lowest BCUT2D eigenvalue weighted by Gasteiger charge is -2.23. The number of methoxy groups -OCH3 is 1. The van der Waals surface area contributed by atoms with Gasteiger partial charge in [-0.2, -0.15) is 0 Å². The average Bonchev–Trinajstić information content (AvgIpc) is 2.46. The van der Waals surface area contributed by atoms with Gasteiger partial charge < -0.3 is 19.9 Å². The number of hydrogen-bond acceptors (Lipinski definition) is 4. The Morgan fingerprint density at radius 2 is 2.05 bits per heavy atom. The summed E-state index contributed by atoms with van der Waals surface area (Å²) in [4.78, 5) is 0. The zero-order chi connectivity index (χ0) is 13.5. The van der Waals surface area contributed by atoms with Gasteiger partial charge in [0, 0.05) is 33.4 Å². The second-order valence-corrected chi connectivity index (χ2v) is 4.88. The van der Waals surface area contributed by atoms with E-state index in [2.05, 4.69) is 12.1 Å². The van der Waals surface area contributed by atoms with E-state index >= 15 is 0 Å². The van der Waals surface area contributed by atoms with E-state index in [-0.39, 0.29) is 0 Å². The maximum absolute atomic E-state index is 5.95. The van der Waals surface area contributed by atoms with Crippen LogP contribution in [0.15, 0.2) is 18.2 Å². The smallest absolute Gasteiger partial charge is 0.142 e. The molecule has 1 fully saturated rings. The Balaban J connectivity index is 1.97. The molecule has 1 aromatic carbocycles. The number of hydrogen-bond donors (Lipinski definition) is 1. The normalized spacial score (nSPS) is 16.5. The van der Waals surface area contributed by atoms with Gasteiger partial charge in [-0.1, -0.05) is 6.07 Å². The van der Waals surface area contributed by atoms with Crippen LogP contribution in [-0.4, -0.2) is 33.5 Å². The third kappa shape index (κ3) is 4.11. The molecule has 2 N–H and O–H groups in total. The van der Waals surface area contributed by atoms with E-state index in [1.165, 1.54) is 5.56 Å². The summed E-state index contributed by atoms with van der Waals surface area (Å²) in [5, 5.41) is 0. The van der Waals surface area contributed by atoms with Crippen LogP contribution in [-0.2, 0) is 9.47 Å². The van der Waals surface area contributed by atoms with Gasteiger partial charge in [0.05, 0.1) is 12.3 Å². The first kappa shape index (κ1) is 14.2. The molecule has 1 aliphatic heterocycles. The molecule has 1 aromatic rings. The van der Waals surface area contributed by atoms with Gasteiger partial charge in [-0.15, -0.1) is 0 Å². The molecule has 1 saturated heterocycles. The van der Waals surface area contributed by atoms with Gasteiger partial charge in [0.25, 0.3) is 0 Å². The van der Waals surface area contributed by atoms with Crippen LogP contribution in [0, 0.1) is 0 Å². The molecule has 19 heavy (non-hydrogen) atoms. The summed E-state index contributed by atoms with van der Waals surface area (Å²) in [6.07, 6.45) is 3.03. The largest absolute Gasteiger partial charge is 0.491 e. The SMILES string of the molecule is COCCCOc1cc(C2CCOCC2)ccc1N. The topological polar surface area (TPSA) is 53.7 Å². The van der Waals surface area contributed by atoms with Crippen molar-refractivity contribution in [2.45, 2.75) is 25.2 Å². The molecule has 4 heteroatoms. The fraction of sp³-hybridized carbons (Fsp3) is 0.600. The Bertz CT molecular complexity index is 389. The van der Waals surface area contributed by atoms with Crippen LogP contribution in [0.5, 0.6) is 5.75 Å². The van der Waals surface area contributed by atoms with Gasteiger partial charge in [-0.3, -0.25) is 0 Å². The highest BCUT2D eigenvalue weighted by atomic mass is 16.5. The van der Waals surface area contributed by atoms with E-state index < -0.39 is 0 Å². The predicted octanol–water partition coefficient (Wildman–Crippen LogP) is 2.58.